The minimum Gasteiger partial charge on any atom is -0.493 e. The first kappa shape index (κ1) is 23.2. The lowest BCUT2D eigenvalue weighted by molar-refractivity contribution is -0.135. The van der Waals surface area contributed by atoms with Gasteiger partial charge in [0.05, 0.1) is 30.6 Å². The van der Waals surface area contributed by atoms with Gasteiger partial charge in [-0.1, -0.05) is 37.6 Å². The number of amides is 1. The van der Waals surface area contributed by atoms with Crippen LogP contribution in [0.2, 0.25) is 5.02 Å². The highest BCUT2D eigenvalue weighted by Gasteiger charge is 2.30. The van der Waals surface area contributed by atoms with Gasteiger partial charge in [0.25, 0.3) is 0 Å². The quantitative estimate of drug-likeness (QED) is 0.385. The molecule has 0 aliphatic heterocycles. The number of hydrogen-bond acceptors (Lipinski definition) is 4. The van der Waals surface area contributed by atoms with Crippen LogP contribution in [0, 0.1) is 18.8 Å². The van der Waals surface area contributed by atoms with E-state index in [0.717, 1.165) is 23.5 Å². The molecule has 7 heteroatoms. The Morgan fingerprint density at radius 3 is 2.42 bits per heavy atom. The Morgan fingerprint density at radius 2 is 1.82 bits per heavy atom. The van der Waals surface area contributed by atoms with Crippen LogP contribution in [-0.4, -0.2) is 34.2 Å². The predicted octanol–water partition coefficient (Wildman–Crippen LogP) is 6.03. The number of methoxy groups -OCH3 is 1. The summed E-state index contributed by atoms with van der Waals surface area (Å²) < 4.78 is 13.7. The molecule has 2 aromatic carbocycles. The average molecular weight is 468 g/mol. The van der Waals surface area contributed by atoms with Crippen LogP contribution in [-0.2, 0) is 11.3 Å². The van der Waals surface area contributed by atoms with Crippen LogP contribution >= 0.6 is 11.6 Å². The van der Waals surface area contributed by atoms with Crippen molar-refractivity contribution in [2.75, 3.05) is 13.7 Å². The summed E-state index contributed by atoms with van der Waals surface area (Å²) in [6, 6.07) is 14.9. The van der Waals surface area contributed by atoms with Crippen molar-refractivity contribution in [1.82, 2.24) is 14.7 Å². The number of hydrogen-bond donors (Lipinski definition) is 0. The Kier molecular flexibility index (Phi) is 6.94. The minimum atomic E-state index is -0.0750. The van der Waals surface area contributed by atoms with Gasteiger partial charge >= 0.3 is 0 Å². The fourth-order valence-corrected chi connectivity index (χ4v) is 3.92. The first-order chi connectivity index (χ1) is 15.9. The van der Waals surface area contributed by atoms with Gasteiger partial charge < -0.3 is 14.4 Å². The van der Waals surface area contributed by atoms with Gasteiger partial charge in [0.15, 0.2) is 11.5 Å². The number of aromatic nitrogens is 2. The molecule has 1 aliphatic rings. The third-order valence-corrected chi connectivity index (χ3v) is 6.07. The monoisotopic (exact) mass is 467 g/mol. The van der Waals surface area contributed by atoms with Gasteiger partial charge in [-0.3, -0.25) is 4.79 Å². The molecule has 3 aromatic rings. The van der Waals surface area contributed by atoms with Gasteiger partial charge in [0.2, 0.25) is 11.8 Å². The SMILES string of the molecule is COc1ccccc1Oc1c(CN(CC2CC2)C(=O)C(C)C)c(C)nn1-c1ccc(Cl)cc1. The summed E-state index contributed by atoms with van der Waals surface area (Å²) in [5, 5.41) is 5.43. The molecule has 0 atom stereocenters. The zero-order valence-electron chi connectivity index (χ0n) is 19.5. The third-order valence-electron chi connectivity index (χ3n) is 5.81. The Hall–Kier alpha value is -2.99. The fraction of sp³-hybridized carbons (Fsp3) is 0.385. The van der Waals surface area contributed by atoms with E-state index in [2.05, 4.69) is 0 Å². The van der Waals surface area contributed by atoms with Crippen LogP contribution < -0.4 is 9.47 Å². The molecular formula is C26H30ClN3O3. The van der Waals surface area contributed by atoms with E-state index in [4.69, 9.17) is 26.2 Å². The lowest BCUT2D eigenvalue weighted by Gasteiger charge is -2.25. The molecule has 1 fully saturated rings. The first-order valence-electron chi connectivity index (χ1n) is 11.3. The van der Waals surface area contributed by atoms with Crippen molar-refractivity contribution in [1.29, 1.82) is 0 Å². The molecule has 0 spiro atoms. The first-order valence-corrected chi connectivity index (χ1v) is 11.7. The molecule has 33 heavy (non-hydrogen) atoms. The van der Waals surface area contributed by atoms with Gasteiger partial charge in [0, 0.05) is 17.5 Å². The largest absolute Gasteiger partial charge is 0.493 e. The number of para-hydroxylation sites is 2. The van der Waals surface area contributed by atoms with Crippen molar-refractivity contribution in [3.05, 3.63) is 64.8 Å². The van der Waals surface area contributed by atoms with Gasteiger partial charge in [-0.05, 0) is 62.1 Å². The van der Waals surface area contributed by atoms with Crippen LogP contribution in [0.15, 0.2) is 48.5 Å². The van der Waals surface area contributed by atoms with Crippen molar-refractivity contribution in [2.45, 2.75) is 40.2 Å². The number of rotatable bonds is 9. The summed E-state index contributed by atoms with van der Waals surface area (Å²) in [6.45, 7) is 7.04. The van der Waals surface area contributed by atoms with Crippen LogP contribution in [0.1, 0.15) is 37.9 Å². The van der Waals surface area contributed by atoms with E-state index in [1.807, 2.05) is 74.2 Å². The molecule has 0 radical (unpaired) electrons. The van der Waals surface area contributed by atoms with Crippen LogP contribution in [0.3, 0.4) is 0 Å². The second-order valence-corrected chi connectivity index (χ2v) is 9.26. The molecule has 0 bridgehead atoms. The minimum absolute atomic E-state index is 0.0750. The summed E-state index contributed by atoms with van der Waals surface area (Å²) in [7, 11) is 1.61. The number of carbonyl (C=O) groups excluding carboxylic acids is 1. The van der Waals surface area contributed by atoms with Crippen LogP contribution in [0.5, 0.6) is 17.4 Å². The molecule has 1 saturated carbocycles. The second-order valence-electron chi connectivity index (χ2n) is 8.83. The average Bonchev–Trinajstić information content (AvgIpc) is 3.58. The Morgan fingerprint density at radius 1 is 1.15 bits per heavy atom. The highest BCUT2D eigenvalue weighted by molar-refractivity contribution is 6.30. The van der Waals surface area contributed by atoms with Crippen molar-refractivity contribution >= 4 is 17.5 Å². The molecule has 6 nitrogen and oxygen atoms in total. The predicted molar refractivity (Wildman–Crippen MR) is 129 cm³/mol. The second kappa shape index (κ2) is 9.87. The summed E-state index contributed by atoms with van der Waals surface area (Å²) >= 11 is 6.11. The highest BCUT2D eigenvalue weighted by Crippen LogP contribution is 2.37. The number of nitrogens with zero attached hydrogens (tertiary/aromatic N) is 3. The molecule has 0 N–H and O–H groups in total. The van der Waals surface area contributed by atoms with Gasteiger partial charge in [-0.25, -0.2) is 4.68 Å². The summed E-state index contributed by atoms with van der Waals surface area (Å²) in [6.07, 6.45) is 2.35. The Balaban J connectivity index is 1.78. The molecule has 1 amide bonds. The normalized spacial score (nSPS) is 13.3. The van der Waals surface area contributed by atoms with E-state index in [0.29, 0.717) is 34.9 Å². The molecule has 0 saturated heterocycles. The van der Waals surface area contributed by atoms with Gasteiger partial charge in [-0.2, -0.15) is 5.10 Å². The number of aryl methyl sites for hydroxylation is 1. The third kappa shape index (κ3) is 5.33. The standard InChI is InChI=1S/C26H30ClN3O3/c1-17(2)25(31)29(15-19-9-10-19)16-22-18(3)28-30(21-13-11-20(27)12-14-21)26(22)33-24-8-6-5-7-23(24)32-4/h5-8,11-14,17,19H,9-10,15-16H2,1-4H3. The molecule has 4 rings (SSSR count). The maximum Gasteiger partial charge on any atom is 0.228 e. The molecule has 1 heterocycles. The van der Waals surface area contributed by atoms with Crippen LogP contribution in [0.25, 0.3) is 5.69 Å². The fourth-order valence-electron chi connectivity index (χ4n) is 3.79. The lowest BCUT2D eigenvalue weighted by Crippen LogP contribution is -2.35. The summed E-state index contributed by atoms with van der Waals surface area (Å²) in [5.74, 6) is 2.42. The van der Waals surface area contributed by atoms with Crippen molar-refractivity contribution in [3.63, 3.8) is 0 Å². The molecule has 0 unspecified atom stereocenters. The number of ether oxygens (including phenoxy) is 2. The molecular weight excluding hydrogens is 438 g/mol. The molecule has 1 aliphatic carbocycles. The van der Waals surface area contributed by atoms with Gasteiger partial charge in [-0.15, -0.1) is 0 Å². The smallest absolute Gasteiger partial charge is 0.228 e. The zero-order valence-corrected chi connectivity index (χ0v) is 20.3. The van der Waals surface area contributed by atoms with Crippen LogP contribution in [0.4, 0.5) is 0 Å². The molecule has 1 aromatic heterocycles. The number of benzene rings is 2. The van der Waals surface area contributed by atoms with E-state index in [9.17, 15) is 4.79 Å². The zero-order chi connectivity index (χ0) is 23.5. The highest BCUT2D eigenvalue weighted by atomic mass is 35.5. The molecule has 174 valence electrons. The maximum atomic E-state index is 13.0. The lowest BCUT2D eigenvalue weighted by atomic mass is 10.1. The van der Waals surface area contributed by atoms with E-state index in [1.165, 1.54) is 12.8 Å². The van der Waals surface area contributed by atoms with Crippen molar-refractivity contribution in [3.8, 4) is 23.1 Å². The number of halogens is 1. The Labute approximate surface area is 200 Å². The Bertz CT molecular complexity index is 1120. The van der Waals surface area contributed by atoms with E-state index < -0.39 is 0 Å². The van der Waals surface area contributed by atoms with E-state index >= 15 is 0 Å². The number of carbonyl (C=O) groups is 1. The van der Waals surface area contributed by atoms with Gasteiger partial charge in [0.1, 0.15) is 0 Å². The summed E-state index contributed by atoms with van der Waals surface area (Å²) in [5.41, 5.74) is 2.51. The van der Waals surface area contributed by atoms with E-state index in [1.54, 1.807) is 11.8 Å². The maximum absolute atomic E-state index is 13.0. The topological polar surface area (TPSA) is 56.6 Å². The van der Waals surface area contributed by atoms with Crippen molar-refractivity contribution < 1.29 is 14.3 Å². The summed E-state index contributed by atoms with van der Waals surface area (Å²) in [4.78, 5) is 15.0. The van der Waals surface area contributed by atoms with E-state index in [-0.39, 0.29) is 11.8 Å². The van der Waals surface area contributed by atoms with Crippen molar-refractivity contribution in [2.24, 2.45) is 11.8 Å².